The largest absolute Gasteiger partial charge is 0.395 e. The molecule has 19 heavy (non-hydrogen) atoms. The first-order valence-corrected chi connectivity index (χ1v) is 7.31. The number of aliphatic hydroxyl groups is 1. The third-order valence-electron chi connectivity index (χ3n) is 3.80. The number of amides is 1. The van der Waals surface area contributed by atoms with Crippen molar-refractivity contribution >= 4 is 5.91 Å². The minimum Gasteiger partial charge on any atom is -0.395 e. The normalized spacial score (nSPS) is 19.7. The van der Waals surface area contributed by atoms with Crippen LogP contribution in [0.25, 0.3) is 0 Å². The second-order valence-electron chi connectivity index (χ2n) is 6.03. The third kappa shape index (κ3) is 5.09. The van der Waals surface area contributed by atoms with Gasteiger partial charge in [-0.15, -0.1) is 0 Å². The van der Waals surface area contributed by atoms with Crippen LogP contribution in [0.5, 0.6) is 0 Å². The quantitative estimate of drug-likeness (QED) is 0.728. The van der Waals surface area contributed by atoms with E-state index < -0.39 is 6.04 Å². The summed E-state index contributed by atoms with van der Waals surface area (Å²) < 4.78 is 0. The maximum Gasteiger partial charge on any atom is 0.239 e. The summed E-state index contributed by atoms with van der Waals surface area (Å²) in [7, 11) is 2.10. The molecule has 1 saturated heterocycles. The molecule has 1 rings (SSSR count). The molecule has 5 heteroatoms. The van der Waals surface area contributed by atoms with Crippen molar-refractivity contribution in [1.82, 2.24) is 9.80 Å². The zero-order chi connectivity index (χ0) is 14.4. The minimum atomic E-state index is -0.439. The number of piperidine rings is 1. The number of carbonyl (C=O) groups is 1. The lowest BCUT2D eigenvalue weighted by molar-refractivity contribution is -0.136. The number of likely N-dealkylation sites (tertiary alicyclic amines) is 1. The summed E-state index contributed by atoms with van der Waals surface area (Å²) in [6.07, 6.45) is 2.64. The molecule has 0 radical (unpaired) electrons. The molecule has 0 aromatic carbocycles. The Labute approximate surface area is 116 Å². The number of nitrogens with two attached hydrogens (primary N) is 1. The summed E-state index contributed by atoms with van der Waals surface area (Å²) in [5, 5.41) is 9.19. The standard InChI is InChI=1S/C14H29N3O2/c1-11(2)10-13(15)14(19)17(8-9-18)12-4-6-16(3)7-5-12/h11-13,18H,4-10,15H2,1-3H3/t13-/m1/s1. The van der Waals surface area contributed by atoms with Gasteiger partial charge in [-0.2, -0.15) is 0 Å². The van der Waals surface area contributed by atoms with Gasteiger partial charge in [-0.25, -0.2) is 0 Å². The van der Waals surface area contributed by atoms with Crippen LogP contribution in [0.15, 0.2) is 0 Å². The zero-order valence-corrected chi connectivity index (χ0v) is 12.5. The molecule has 0 saturated carbocycles. The summed E-state index contributed by atoms with van der Waals surface area (Å²) in [4.78, 5) is 16.5. The maximum absolute atomic E-state index is 12.4. The van der Waals surface area contributed by atoms with E-state index in [1.807, 2.05) is 0 Å². The fraction of sp³-hybridized carbons (Fsp3) is 0.929. The second kappa shape index (κ2) is 7.82. The molecule has 3 N–H and O–H groups in total. The zero-order valence-electron chi connectivity index (χ0n) is 12.5. The van der Waals surface area contributed by atoms with Crippen molar-refractivity contribution in [3.05, 3.63) is 0 Å². The number of rotatable bonds is 6. The Morgan fingerprint density at radius 1 is 1.42 bits per heavy atom. The molecule has 0 unspecified atom stereocenters. The number of carbonyl (C=O) groups excluding carboxylic acids is 1. The Morgan fingerprint density at radius 3 is 2.47 bits per heavy atom. The minimum absolute atomic E-state index is 0.00250. The van der Waals surface area contributed by atoms with Crippen LogP contribution in [0, 0.1) is 5.92 Å². The first-order valence-electron chi connectivity index (χ1n) is 7.31. The summed E-state index contributed by atoms with van der Waals surface area (Å²) in [5.41, 5.74) is 6.00. The van der Waals surface area contributed by atoms with Crippen molar-refractivity contribution in [3.8, 4) is 0 Å². The number of hydrogen-bond donors (Lipinski definition) is 2. The molecule has 0 spiro atoms. The van der Waals surface area contributed by atoms with Crippen LogP contribution in [0.1, 0.15) is 33.1 Å². The molecule has 0 bridgehead atoms. The molecule has 0 aromatic rings. The van der Waals surface area contributed by atoms with Gasteiger partial charge in [0, 0.05) is 12.6 Å². The van der Waals surface area contributed by atoms with Crippen LogP contribution in [0.3, 0.4) is 0 Å². The number of aliphatic hydroxyl groups excluding tert-OH is 1. The lowest BCUT2D eigenvalue weighted by atomic mass is 9.99. The lowest BCUT2D eigenvalue weighted by Crippen LogP contribution is -2.53. The van der Waals surface area contributed by atoms with E-state index in [-0.39, 0.29) is 18.6 Å². The predicted octanol–water partition coefficient (Wildman–Crippen LogP) is 0.275. The molecule has 1 aliphatic heterocycles. The van der Waals surface area contributed by atoms with Gasteiger partial charge in [-0.1, -0.05) is 13.8 Å². The topological polar surface area (TPSA) is 69.8 Å². The second-order valence-corrected chi connectivity index (χ2v) is 6.03. The highest BCUT2D eigenvalue weighted by Crippen LogP contribution is 2.17. The summed E-state index contributed by atoms with van der Waals surface area (Å²) >= 11 is 0. The van der Waals surface area contributed by atoms with Crippen molar-refractivity contribution in [1.29, 1.82) is 0 Å². The Morgan fingerprint density at radius 2 is 2.00 bits per heavy atom. The van der Waals surface area contributed by atoms with Crippen LogP contribution >= 0.6 is 0 Å². The summed E-state index contributed by atoms with van der Waals surface area (Å²) in [6, 6.07) is -0.208. The Balaban J connectivity index is 2.62. The van der Waals surface area contributed by atoms with Gasteiger partial charge >= 0.3 is 0 Å². The molecule has 1 fully saturated rings. The van der Waals surface area contributed by atoms with Crippen LogP contribution < -0.4 is 5.73 Å². The number of nitrogens with zero attached hydrogens (tertiary/aromatic N) is 2. The molecule has 0 aliphatic carbocycles. The van der Waals surface area contributed by atoms with Crippen molar-refractivity contribution in [2.75, 3.05) is 33.3 Å². The highest BCUT2D eigenvalue weighted by atomic mass is 16.3. The van der Waals surface area contributed by atoms with Crippen LogP contribution in [0.2, 0.25) is 0 Å². The molecule has 112 valence electrons. The van der Waals surface area contributed by atoms with E-state index in [1.165, 1.54) is 0 Å². The van der Waals surface area contributed by atoms with Gasteiger partial charge in [0.1, 0.15) is 0 Å². The molecular weight excluding hydrogens is 242 g/mol. The van der Waals surface area contributed by atoms with E-state index in [0.717, 1.165) is 25.9 Å². The van der Waals surface area contributed by atoms with E-state index in [9.17, 15) is 9.90 Å². The van der Waals surface area contributed by atoms with E-state index in [2.05, 4.69) is 25.8 Å². The molecule has 0 aromatic heterocycles. The van der Waals surface area contributed by atoms with Gasteiger partial charge < -0.3 is 20.6 Å². The van der Waals surface area contributed by atoms with Gasteiger partial charge in [-0.3, -0.25) is 4.79 Å². The molecule has 1 aliphatic rings. The average molecular weight is 271 g/mol. The molecular formula is C14H29N3O2. The van der Waals surface area contributed by atoms with E-state index in [1.54, 1.807) is 4.90 Å². The Kier molecular flexibility index (Phi) is 6.75. The third-order valence-corrected chi connectivity index (χ3v) is 3.80. The predicted molar refractivity (Wildman–Crippen MR) is 76.7 cm³/mol. The van der Waals surface area contributed by atoms with Gasteiger partial charge in [0.25, 0.3) is 0 Å². The van der Waals surface area contributed by atoms with Gasteiger partial charge in [0.05, 0.1) is 12.6 Å². The summed E-state index contributed by atoms with van der Waals surface area (Å²) in [6.45, 7) is 6.54. The highest BCUT2D eigenvalue weighted by Gasteiger charge is 2.29. The van der Waals surface area contributed by atoms with Crippen molar-refractivity contribution in [3.63, 3.8) is 0 Å². The molecule has 1 amide bonds. The van der Waals surface area contributed by atoms with Gasteiger partial charge in [0.15, 0.2) is 0 Å². The van der Waals surface area contributed by atoms with Crippen molar-refractivity contribution in [2.45, 2.75) is 45.2 Å². The van der Waals surface area contributed by atoms with E-state index in [0.29, 0.717) is 18.9 Å². The molecule has 1 atom stereocenters. The van der Waals surface area contributed by atoms with E-state index >= 15 is 0 Å². The smallest absolute Gasteiger partial charge is 0.239 e. The Hall–Kier alpha value is -0.650. The fourth-order valence-electron chi connectivity index (χ4n) is 2.71. The number of hydrogen-bond acceptors (Lipinski definition) is 4. The Bertz CT molecular complexity index is 276. The highest BCUT2D eigenvalue weighted by molar-refractivity contribution is 5.82. The van der Waals surface area contributed by atoms with Crippen molar-refractivity contribution < 1.29 is 9.90 Å². The van der Waals surface area contributed by atoms with Crippen LogP contribution in [-0.4, -0.2) is 66.2 Å². The van der Waals surface area contributed by atoms with E-state index in [4.69, 9.17) is 5.73 Å². The van der Waals surface area contributed by atoms with Gasteiger partial charge in [-0.05, 0) is 45.3 Å². The fourth-order valence-corrected chi connectivity index (χ4v) is 2.71. The molecule has 1 heterocycles. The average Bonchev–Trinajstić information content (AvgIpc) is 2.35. The monoisotopic (exact) mass is 271 g/mol. The van der Waals surface area contributed by atoms with Crippen LogP contribution in [0.4, 0.5) is 0 Å². The molecule has 5 nitrogen and oxygen atoms in total. The lowest BCUT2D eigenvalue weighted by Gasteiger charge is -2.38. The van der Waals surface area contributed by atoms with Crippen molar-refractivity contribution in [2.24, 2.45) is 11.7 Å². The maximum atomic E-state index is 12.4. The SMILES string of the molecule is CC(C)C[C@@H](N)C(=O)N(CCO)C1CCN(C)CC1. The van der Waals surface area contributed by atoms with Crippen LogP contribution in [-0.2, 0) is 4.79 Å². The summed E-state index contributed by atoms with van der Waals surface area (Å²) in [5.74, 6) is 0.407. The first-order chi connectivity index (χ1) is 8.95. The first kappa shape index (κ1) is 16.4. The van der Waals surface area contributed by atoms with Gasteiger partial charge in [0.2, 0.25) is 5.91 Å².